The highest BCUT2D eigenvalue weighted by Crippen LogP contribution is 2.45. The summed E-state index contributed by atoms with van der Waals surface area (Å²) in [5, 5.41) is 10.6. The molecule has 2 rings (SSSR count). The molecule has 0 aromatic rings. The molecule has 1 heterocycles. The van der Waals surface area contributed by atoms with Gasteiger partial charge in [-0.1, -0.05) is 19.9 Å². The maximum absolute atomic E-state index is 10.6. The molecule has 1 spiro atoms. The van der Waals surface area contributed by atoms with Gasteiger partial charge < -0.3 is 9.84 Å². The summed E-state index contributed by atoms with van der Waals surface area (Å²) >= 11 is 0. The van der Waals surface area contributed by atoms with Gasteiger partial charge in [-0.15, -0.1) is 0 Å². The summed E-state index contributed by atoms with van der Waals surface area (Å²) in [4.78, 5) is 0. The molecule has 1 aliphatic carbocycles. The van der Waals surface area contributed by atoms with Crippen molar-refractivity contribution in [2.45, 2.75) is 69.5 Å². The monoisotopic (exact) mass is 224 g/mol. The summed E-state index contributed by atoms with van der Waals surface area (Å²) in [5.41, 5.74) is 0.536. The van der Waals surface area contributed by atoms with Gasteiger partial charge in [0.2, 0.25) is 0 Å². The Morgan fingerprint density at radius 1 is 1.25 bits per heavy atom. The average Bonchev–Trinajstić information content (AvgIpc) is 2.73. The number of hydrogen-bond donors (Lipinski definition) is 1. The van der Waals surface area contributed by atoms with Crippen LogP contribution in [0.1, 0.15) is 58.3 Å². The molecule has 0 radical (unpaired) electrons. The van der Waals surface area contributed by atoms with Crippen LogP contribution in [0.2, 0.25) is 0 Å². The van der Waals surface area contributed by atoms with Gasteiger partial charge in [0.1, 0.15) is 0 Å². The third-order valence-electron chi connectivity index (χ3n) is 4.38. The Balaban J connectivity index is 1.95. The van der Waals surface area contributed by atoms with Crippen LogP contribution in [0.3, 0.4) is 0 Å². The summed E-state index contributed by atoms with van der Waals surface area (Å²) in [5.74, 6) is 0. The molecule has 2 fully saturated rings. The fourth-order valence-electron chi connectivity index (χ4n) is 3.16. The number of rotatable bonds is 3. The molecule has 1 saturated heterocycles. The van der Waals surface area contributed by atoms with Gasteiger partial charge in [-0.25, -0.2) is 0 Å². The Morgan fingerprint density at radius 3 is 2.44 bits per heavy atom. The van der Waals surface area contributed by atoms with Crippen LogP contribution in [0, 0.1) is 0 Å². The topological polar surface area (TPSA) is 29.5 Å². The van der Waals surface area contributed by atoms with Crippen molar-refractivity contribution in [3.8, 4) is 0 Å². The molecule has 2 heteroatoms. The van der Waals surface area contributed by atoms with Gasteiger partial charge in [-0.05, 0) is 50.5 Å². The minimum Gasteiger partial charge on any atom is -0.386 e. The average molecular weight is 224 g/mol. The van der Waals surface area contributed by atoms with Crippen molar-refractivity contribution >= 4 is 0 Å². The minimum atomic E-state index is -0.604. The van der Waals surface area contributed by atoms with Gasteiger partial charge >= 0.3 is 0 Å². The normalized spacial score (nSPS) is 39.1. The van der Waals surface area contributed by atoms with E-state index in [9.17, 15) is 5.11 Å². The lowest BCUT2D eigenvalue weighted by atomic mass is 9.71. The highest BCUT2D eigenvalue weighted by molar-refractivity contribution is 5.15. The summed E-state index contributed by atoms with van der Waals surface area (Å²) in [6.45, 7) is 7.11. The van der Waals surface area contributed by atoms with Crippen LogP contribution in [0.4, 0.5) is 0 Å². The van der Waals surface area contributed by atoms with Crippen molar-refractivity contribution in [3.63, 3.8) is 0 Å². The van der Waals surface area contributed by atoms with E-state index >= 15 is 0 Å². The molecule has 2 nitrogen and oxygen atoms in total. The molecular weight excluding hydrogens is 200 g/mol. The predicted octanol–water partition coefficient (Wildman–Crippen LogP) is 3.20. The molecule has 0 amide bonds. The zero-order valence-electron chi connectivity index (χ0n) is 10.4. The van der Waals surface area contributed by atoms with Crippen molar-refractivity contribution in [1.29, 1.82) is 0 Å². The molecule has 0 aromatic heterocycles. The van der Waals surface area contributed by atoms with E-state index in [1.165, 1.54) is 12.8 Å². The van der Waals surface area contributed by atoms with Gasteiger partial charge in [0.25, 0.3) is 0 Å². The zero-order valence-corrected chi connectivity index (χ0v) is 10.4. The van der Waals surface area contributed by atoms with E-state index in [2.05, 4.69) is 13.5 Å². The zero-order chi connectivity index (χ0) is 11.6. The lowest BCUT2D eigenvalue weighted by molar-refractivity contribution is -0.0773. The van der Waals surface area contributed by atoms with E-state index in [0.29, 0.717) is 0 Å². The maximum Gasteiger partial charge on any atom is 0.0856 e. The quantitative estimate of drug-likeness (QED) is 0.746. The van der Waals surface area contributed by atoms with E-state index in [1.54, 1.807) is 0 Å². The summed E-state index contributed by atoms with van der Waals surface area (Å²) < 4.78 is 5.87. The number of ether oxygens (including phenoxy) is 1. The molecule has 0 atom stereocenters. The first-order valence-corrected chi connectivity index (χ1v) is 6.65. The lowest BCUT2D eigenvalue weighted by Gasteiger charge is -2.42. The SMILES string of the molecule is C=C(CCC)C1(O)CCC2(CCCO2)CC1. The summed E-state index contributed by atoms with van der Waals surface area (Å²) in [6.07, 6.45) is 8.08. The number of hydrogen-bond acceptors (Lipinski definition) is 2. The molecule has 1 saturated carbocycles. The van der Waals surface area contributed by atoms with Crippen LogP contribution in [0.25, 0.3) is 0 Å². The number of aliphatic hydroxyl groups is 1. The second-order valence-electron chi connectivity index (χ2n) is 5.52. The molecule has 2 aliphatic rings. The third-order valence-corrected chi connectivity index (χ3v) is 4.38. The highest BCUT2D eigenvalue weighted by Gasteiger charge is 2.44. The van der Waals surface area contributed by atoms with Crippen molar-refractivity contribution in [2.75, 3.05) is 6.61 Å². The van der Waals surface area contributed by atoms with Gasteiger partial charge in [0.05, 0.1) is 11.2 Å². The lowest BCUT2D eigenvalue weighted by Crippen LogP contribution is -2.43. The smallest absolute Gasteiger partial charge is 0.0856 e. The van der Waals surface area contributed by atoms with Gasteiger partial charge in [-0.3, -0.25) is 0 Å². The van der Waals surface area contributed by atoms with Crippen LogP contribution in [-0.2, 0) is 4.74 Å². The van der Waals surface area contributed by atoms with E-state index in [1.807, 2.05) is 0 Å². The minimum absolute atomic E-state index is 0.110. The maximum atomic E-state index is 10.6. The van der Waals surface area contributed by atoms with Gasteiger partial charge in [0.15, 0.2) is 0 Å². The third kappa shape index (κ3) is 2.18. The molecule has 1 N–H and O–H groups in total. The molecule has 92 valence electrons. The first kappa shape index (κ1) is 12.1. The Morgan fingerprint density at radius 2 is 1.94 bits per heavy atom. The fourth-order valence-corrected chi connectivity index (χ4v) is 3.16. The van der Waals surface area contributed by atoms with Crippen LogP contribution in [-0.4, -0.2) is 22.9 Å². The Bertz CT molecular complexity index is 254. The van der Waals surface area contributed by atoms with E-state index in [-0.39, 0.29) is 5.60 Å². The molecule has 0 aromatic carbocycles. The van der Waals surface area contributed by atoms with Crippen LogP contribution >= 0.6 is 0 Å². The molecule has 0 unspecified atom stereocenters. The van der Waals surface area contributed by atoms with Crippen molar-refractivity contribution in [2.24, 2.45) is 0 Å². The van der Waals surface area contributed by atoms with Crippen LogP contribution in [0.15, 0.2) is 12.2 Å². The molecule has 1 aliphatic heterocycles. The predicted molar refractivity (Wildman–Crippen MR) is 65.4 cm³/mol. The second kappa shape index (κ2) is 4.50. The standard InChI is InChI=1S/C14H24O2/c1-3-5-12(2)14(15)9-7-13(8-10-14)6-4-11-16-13/h15H,2-11H2,1H3. The van der Waals surface area contributed by atoms with Crippen LogP contribution in [0.5, 0.6) is 0 Å². The van der Waals surface area contributed by atoms with Gasteiger partial charge in [0, 0.05) is 6.61 Å². The highest BCUT2D eigenvalue weighted by atomic mass is 16.5. The van der Waals surface area contributed by atoms with Gasteiger partial charge in [-0.2, -0.15) is 0 Å². The first-order valence-electron chi connectivity index (χ1n) is 6.65. The summed E-state index contributed by atoms with van der Waals surface area (Å²) in [6, 6.07) is 0. The largest absolute Gasteiger partial charge is 0.386 e. The van der Waals surface area contributed by atoms with Crippen LogP contribution < -0.4 is 0 Å². The van der Waals surface area contributed by atoms with E-state index in [4.69, 9.17) is 4.74 Å². The van der Waals surface area contributed by atoms with E-state index in [0.717, 1.165) is 50.7 Å². The Hall–Kier alpha value is -0.340. The Kier molecular flexibility index (Phi) is 3.41. The van der Waals surface area contributed by atoms with E-state index < -0.39 is 5.60 Å². The summed E-state index contributed by atoms with van der Waals surface area (Å²) in [7, 11) is 0. The van der Waals surface area contributed by atoms with Crippen molar-refractivity contribution in [1.82, 2.24) is 0 Å². The molecule has 0 bridgehead atoms. The van der Waals surface area contributed by atoms with Crippen molar-refractivity contribution < 1.29 is 9.84 Å². The Labute approximate surface area is 98.7 Å². The fraction of sp³-hybridized carbons (Fsp3) is 0.857. The first-order chi connectivity index (χ1) is 7.60. The van der Waals surface area contributed by atoms with Crippen molar-refractivity contribution in [3.05, 3.63) is 12.2 Å². The molecular formula is C14H24O2. The molecule has 16 heavy (non-hydrogen) atoms. The second-order valence-corrected chi connectivity index (χ2v) is 5.52.